The normalized spacial score (nSPS) is 11.3. The van der Waals surface area contributed by atoms with E-state index in [0.29, 0.717) is 6.42 Å². The average Bonchev–Trinajstić information content (AvgIpc) is 2.37. The number of pyridine rings is 1. The molecule has 0 unspecified atom stereocenters. The topological polar surface area (TPSA) is 45.9 Å². The summed E-state index contributed by atoms with van der Waals surface area (Å²) in [7, 11) is 1.64. The van der Waals surface area contributed by atoms with Gasteiger partial charge in [0.25, 0.3) is 0 Å². The van der Waals surface area contributed by atoms with Gasteiger partial charge in [-0.2, -0.15) is 5.26 Å². The van der Waals surface area contributed by atoms with E-state index in [-0.39, 0.29) is 5.41 Å². The number of nitrogens with zero attached hydrogens (tertiary/aromatic N) is 2. The van der Waals surface area contributed by atoms with E-state index in [2.05, 4.69) is 26.8 Å². The Balaban J connectivity index is 2.80. The van der Waals surface area contributed by atoms with Gasteiger partial charge in [-0.3, -0.25) is 0 Å². The zero-order chi connectivity index (χ0) is 14.0. The highest BCUT2D eigenvalue weighted by Gasteiger charge is 2.19. The molecule has 0 N–H and O–H groups in total. The molecule has 0 saturated carbocycles. The van der Waals surface area contributed by atoms with Crippen molar-refractivity contribution in [3.8, 4) is 11.8 Å². The SMILES string of the molecule is COc1cccc2c(CC#N)cc(C(C)(C)C)nc12. The number of rotatable bonds is 2. The summed E-state index contributed by atoms with van der Waals surface area (Å²) in [6, 6.07) is 10.1. The summed E-state index contributed by atoms with van der Waals surface area (Å²) in [6.07, 6.45) is 0.384. The molecule has 1 aromatic carbocycles. The maximum atomic E-state index is 9.00. The zero-order valence-electron chi connectivity index (χ0n) is 11.8. The van der Waals surface area contributed by atoms with Gasteiger partial charge >= 0.3 is 0 Å². The van der Waals surface area contributed by atoms with Crippen molar-refractivity contribution in [1.29, 1.82) is 5.26 Å². The van der Waals surface area contributed by atoms with Crippen molar-refractivity contribution in [1.82, 2.24) is 4.98 Å². The predicted octanol–water partition coefficient (Wildman–Crippen LogP) is 3.61. The van der Waals surface area contributed by atoms with Gasteiger partial charge in [-0.15, -0.1) is 0 Å². The molecule has 3 heteroatoms. The molecule has 0 fully saturated rings. The van der Waals surface area contributed by atoms with Crippen molar-refractivity contribution >= 4 is 10.9 Å². The third kappa shape index (κ3) is 2.53. The molecule has 0 spiro atoms. The highest BCUT2D eigenvalue weighted by atomic mass is 16.5. The Kier molecular flexibility index (Phi) is 3.44. The molecule has 0 bridgehead atoms. The molecule has 0 saturated heterocycles. The van der Waals surface area contributed by atoms with Crippen LogP contribution in [0.1, 0.15) is 32.0 Å². The molecule has 0 aliphatic heterocycles. The Morgan fingerprint density at radius 1 is 1.32 bits per heavy atom. The Hall–Kier alpha value is -2.08. The van der Waals surface area contributed by atoms with Crippen LogP contribution in [0.3, 0.4) is 0 Å². The van der Waals surface area contributed by atoms with Crippen LogP contribution in [0, 0.1) is 11.3 Å². The molecule has 1 heterocycles. The Labute approximate surface area is 113 Å². The summed E-state index contributed by atoms with van der Waals surface area (Å²) >= 11 is 0. The minimum absolute atomic E-state index is 0.0563. The number of methoxy groups -OCH3 is 1. The number of hydrogen-bond acceptors (Lipinski definition) is 3. The van der Waals surface area contributed by atoms with E-state index in [1.54, 1.807) is 7.11 Å². The van der Waals surface area contributed by atoms with Gasteiger partial charge in [-0.25, -0.2) is 4.98 Å². The first kappa shape index (κ1) is 13.4. The summed E-state index contributed by atoms with van der Waals surface area (Å²) < 4.78 is 5.38. The van der Waals surface area contributed by atoms with Gasteiger partial charge in [0.05, 0.1) is 19.6 Å². The number of nitriles is 1. The fourth-order valence-electron chi connectivity index (χ4n) is 2.07. The molecule has 98 valence electrons. The standard InChI is InChI=1S/C16H18N2O/c1-16(2,3)14-10-11(8-9-17)12-6-5-7-13(19-4)15(12)18-14/h5-7,10H,8H2,1-4H3. The van der Waals surface area contributed by atoms with Crippen molar-refractivity contribution in [2.24, 2.45) is 0 Å². The van der Waals surface area contributed by atoms with E-state index >= 15 is 0 Å². The van der Waals surface area contributed by atoms with Crippen LogP contribution in [0.25, 0.3) is 10.9 Å². The van der Waals surface area contributed by atoms with E-state index in [4.69, 9.17) is 15.0 Å². The van der Waals surface area contributed by atoms with E-state index in [1.807, 2.05) is 24.3 Å². The van der Waals surface area contributed by atoms with Crippen LogP contribution in [-0.2, 0) is 11.8 Å². The maximum absolute atomic E-state index is 9.00. The van der Waals surface area contributed by atoms with Crippen LogP contribution >= 0.6 is 0 Å². The number of benzene rings is 1. The summed E-state index contributed by atoms with van der Waals surface area (Å²) in [4.78, 5) is 4.73. The lowest BCUT2D eigenvalue weighted by Crippen LogP contribution is -2.14. The fourth-order valence-corrected chi connectivity index (χ4v) is 2.07. The summed E-state index contributed by atoms with van der Waals surface area (Å²) in [5.74, 6) is 0.753. The monoisotopic (exact) mass is 254 g/mol. The third-order valence-corrected chi connectivity index (χ3v) is 3.15. The second kappa shape index (κ2) is 4.89. The van der Waals surface area contributed by atoms with Crippen LogP contribution in [0.15, 0.2) is 24.3 Å². The third-order valence-electron chi connectivity index (χ3n) is 3.15. The van der Waals surface area contributed by atoms with Crippen molar-refractivity contribution in [2.45, 2.75) is 32.6 Å². The van der Waals surface area contributed by atoms with Gasteiger partial charge in [0.15, 0.2) is 0 Å². The van der Waals surface area contributed by atoms with Gasteiger partial charge in [-0.1, -0.05) is 32.9 Å². The zero-order valence-corrected chi connectivity index (χ0v) is 11.8. The number of ether oxygens (including phenoxy) is 1. The molecule has 0 aliphatic rings. The minimum Gasteiger partial charge on any atom is -0.494 e. The Morgan fingerprint density at radius 2 is 2.05 bits per heavy atom. The quantitative estimate of drug-likeness (QED) is 0.822. The molecular weight excluding hydrogens is 236 g/mol. The molecule has 0 amide bonds. The lowest BCUT2D eigenvalue weighted by atomic mass is 9.89. The van der Waals surface area contributed by atoms with Crippen LogP contribution in [-0.4, -0.2) is 12.1 Å². The number of fused-ring (bicyclic) bond motifs is 1. The first-order valence-electron chi connectivity index (χ1n) is 6.31. The minimum atomic E-state index is -0.0563. The van der Waals surface area contributed by atoms with Gasteiger partial charge in [0, 0.05) is 16.5 Å². The second-order valence-corrected chi connectivity index (χ2v) is 5.61. The van der Waals surface area contributed by atoms with E-state index in [0.717, 1.165) is 27.9 Å². The van der Waals surface area contributed by atoms with Crippen LogP contribution in [0.4, 0.5) is 0 Å². The van der Waals surface area contributed by atoms with Gasteiger partial charge in [0.2, 0.25) is 0 Å². The largest absolute Gasteiger partial charge is 0.494 e. The molecule has 0 aliphatic carbocycles. The van der Waals surface area contributed by atoms with Crippen LogP contribution in [0.5, 0.6) is 5.75 Å². The fraction of sp³-hybridized carbons (Fsp3) is 0.375. The lowest BCUT2D eigenvalue weighted by Gasteiger charge is -2.20. The molecule has 3 nitrogen and oxygen atoms in total. The van der Waals surface area contributed by atoms with Crippen LogP contribution in [0.2, 0.25) is 0 Å². The van der Waals surface area contributed by atoms with Crippen molar-refractivity contribution in [3.05, 3.63) is 35.5 Å². The average molecular weight is 254 g/mol. The Morgan fingerprint density at radius 3 is 2.63 bits per heavy atom. The Bertz CT molecular complexity index is 648. The smallest absolute Gasteiger partial charge is 0.145 e. The molecule has 0 atom stereocenters. The van der Waals surface area contributed by atoms with Crippen LogP contribution < -0.4 is 4.74 Å². The number of para-hydroxylation sites is 1. The lowest BCUT2D eigenvalue weighted by molar-refractivity contribution is 0.418. The molecule has 1 aromatic heterocycles. The van der Waals surface area contributed by atoms with Gasteiger partial charge in [-0.05, 0) is 17.7 Å². The highest BCUT2D eigenvalue weighted by Crippen LogP contribution is 2.31. The molecule has 2 aromatic rings. The van der Waals surface area contributed by atoms with Gasteiger partial charge in [0.1, 0.15) is 11.3 Å². The summed E-state index contributed by atoms with van der Waals surface area (Å²) in [5.41, 5.74) is 2.77. The second-order valence-electron chi connectivity index (χ2n) is 5.61. The maximum Gasteiger partial charge on any atom is 0.145 e. The first-order chi connectivity index (χ1) is 8.97. The number of hydrogen-bond donors (Lipinski definition) is 0. The van der Waals surface area contributed by atoms with E-state index < -0.39 is 0 Å². The highest BCUT2D eigenvalue weighted by molar-refractivity contribution is 5.88. The predicted molar refractivity (Wildman–Crippen MR) is 76.3 cm³/mol. The molecule has 19 heavy (non-hydrogen) atoms. The van der Waals surface area contributed by atoms with E-state index in [1.165, 1.54) is 0 Å². The first-order valence-corrected chi connectivity index (χ1v) is 6.31. The summed E-state index contributed by atoms with van der Waals surface area (Å²) in [5, 5.41) is 9.99. The van der Waals surface area contributed by atoms with Crippen molar-refractivity contribution < 1.29 is 4.74 Å². The van der Waals surface area contributed by atoms with Crippen molar-refractivity contribution in [2.75, 3.05) is 7.11 Å². The summed E-state index contributed by atoms with van der Waals surface area (Å²) in [6.45, 7) is 6.35. The molecule has 2 rings (SSSR count). The van der Waals surface area contributed by atoms with E-state index in [9.17, 15) is 0 Å². The van der Waals surface area contributed by atoms with Gasteiger partial charge < -0.3 is 4.74 Å². The molecular formula is C16H18N2O. The molecule has 0 radical (unpaired) electrons. The van der Waals surface area contributed by atoms with Crippen molar-refractivity contribution in [3.63, 3.8) is 0 Å². The number of aromatic nitrogens is 1.